The van der Waals surface area contributed by atoms with Gasteiger partial charge in [-0.15, -0.1) is 12.6 Å². The van der Waals surface area contributed by atoms with Crippen molar-refractivity contribution in [2.24, 2.45) is 0 Å². The number of thiol groups is 1. The topological polar surface area (TPSA) is 42.0 Å². The van der Waals surface area contributed by atoms with Crippen LogP contribution in [0.5, 0.6) is 5.75 Å². The third kappa shape index (κ3) is 3.98. The number of methoxy groups -OCH3 is 1. The normalized spacial score (nSPS) is 20.6. The molecule has 2 saturated heterocycles. The number of hydrogen-bond acceptors (Lipinski definition) is 5. The number of anilines is 1. The summed E-state index contributed by atoms with van der Waals surface area (Å²) in [6.45, 7) is 3.38. The summed E-state index contributed by atoms with van der Waals surface area (Å²) >= 11 is 10.7. The molecule has 2 aliphatic heterocycles. The van der Waals surface area contributed by atoms with Crippen LogP contribution in [0.1, 0.15) is 28.8 Å². The molecule has 2 aliphatic rings. The summed E-state index contributed by atoms with van der Waals surface area (Å²) in [6.07, 6.45) is 1.99. The number of benzene rings is 2. The van der Waals surface area contributed by atoms with Crippen molar-refractivity contribution in [1.82, 2.24) is 4.90 Å². The fourth-order valence-corrected chi connectivity index (χ4v) is 4.98. The standard InChI is InChI=1S/C22H24ClFN2O3S/c1-13-20(8-17(30)9-21(13)29-12-28-2)26-15-4-5-16(26)11-25(10-15)22(27)18-6-3-14(24)7-19(18)23/h3,6-9,15-16,30H,4-5,10-12H2,1-2H3. The van der Waals surface area contributed by atoms with Crippen molar-refractivity contribution < 1.29 is 18.7 Å². The zero-order valence-corrected chi connectivity index (χ0v) is 18.5. The van der Waals surface area contributed by atoms with Crippen molar-refractivity contribution in [2.45, 2.75) is 36.7 Å². The Morgan fingerprint density at radius 2 is 1.93 bits per heavy atom. The van der Waals surface area contributed by atoms with Crippen LogP contribution >= 0.6 is 24.2 Å². The van der Waals surface area contributed by atoms with Crippen LogP contribution in [-0.4, -0.2) is 49.9 Å². The number of likely N-dealkylation sites (tertiary alicyclic amines) is 1. The van der Waals surface area contributed by atoms with Crippen LogP contribution in [-0.2, 0) is 4.74 Å². The van der Waals surface area contributed by atoms with E-state index >= 15 is 0 Å². The Balaban J connectivity index is 1.58. The van der Waals surface area contributed by atoms with E-state index in [1.165, 1.54) is 18.2 Å². The summed E-state index contributed by atoms with van der Waals surface area (Å²) in [5.41, 5.74) is 2.45. The van der Waals surface area contributed by atoms with E-state index in [1.807, 2.05) is 17.9 Å². The molecule has 0 spiro atoms. The van der Waals surface area contributed by atoms with E-state index in [1.54, 1.807) is 7.11 Å². The molecule has 2 heterocycles. The molecular formula is C22H24ClFN2O3S. The SMILES string of the molecule is COCOc1cc(S)cc(N2C3CCC2CN(C(=O)c2ccc(F)cc2Cl)C3)c1C. The third-order valence-electron chi connectivity index (χ3n) is 5.86. The number of fused-ring (bicyclic) bond motifs is 2. The van der Waals surface area contributed by atoms with E-state index < -0.39 is 5.82 Å². The minimum Gasteiger partial charge on any atom is -0.467 e. The first kappa shape index (κ1) is 21.3. The average Bonchev–Trinajstić information content (AvgIpc) is 2.96. The summed E-state index contributed by atoms with van der Waals surface area (Å²) in [7, 11) is 1.59. The lowest BCUT2D eigenvalue weighted by atomic mass is 10.1. The van der Waals surface area contributed by atoms with E-state index in [2.05, 4.69) is 23.6 Å². The molecule has 8 heteroatoms. The van der Waals surface area contributed by atoms with Crippen molar-refractivity contribution in [1.29, 1.82) is 0 Å². The van der Waals surface area contributed by atoms with Crippen LogP contribution < -0.4 is 9.64 Å². The number of ether oxygens (including phenoxy) is 2. The Morgan fingerprint density at radius 3 is 2.57 bits per heavy atom. The summed E-state index contributed by atoms with van der Waals surface area (Å²) < 4.78 is 24.1. The first-order valence-electron chi connectivity index (χ1n) is 9.87. The highest BCUT2D eigenvalue weighted by Gasteiger charge is 2.42. The molecule has 2 unspecified atom stereocenters. The molecule has 2 bridgehead atoms. The second-order valence-electron chi connectivity index (χ2n) is 7.77. The minimum absolute atomic E-state index is 0.147. The number of halogens is 2. The third-order valence-corrected chi connectivity index (χ3v) is 6.43. The predicted octanol–water partition coefficient (Wildman–Crippen LogP) is 4.55. The van der Waals surface area contributed by atoms with Gasteiger partial charge in [0.05, 0.1) is 10.6 Å². The molecule has 1 amide bonds. The van der Waals surface area contributed by atoms with Gasteiger partial charge in [0, 0.05) is 48.4 Å². The summed E-state index contributed by atoms with van der Waals surface area (Å²) in [5.74, 6) is 0.144. The lowest BCUT2D eigenvalue weighted by Gasteiger charge is -2.43. The Bertz CT molecular complexity index is 960. The van der Waals surface area contributed by atoms with Crippen molar-refractivity contribution in [2.75, 3.05) is 31.9 Å². The number of piperazine rings is 1. The number of carbonyl (C=O) groups excluding carboxylic acids is 1. The largest absolute Gasteiger partial charge is 0.467 e. The molecule has 0 saturated carbocycles. The summed E-state index contributed by atoms with van der Waals surface area (Å²) in [4.78, 5) is 18.1. The first-order chi connectivity index (χ1) is 14.4. The second kappa shape index (κ2) is 8.65. The number of amides is 1. The van der Waals surface area contributed by atoms with Crippen molar-refractivity contribution in [3.63, 3.8) is 0 Å². The Hall–Kier alpha value is -1.96. The van der Waals surface area contributed by atoms with Crippen LogP contribution in [0.4, 0.5) is 10.1 Å². The number of hydrogen-bond donors (Lipinski definition) is 1. The van der Waals surface area contributed by atoms with Crippen molar-refractivity contribution >= 4 is 35.8 Å². The maximum atomic E-state index is 13.4. The Morgan fingerprint density at radius 1 is 1.23 bits per heavy atom. The fraction of sp³-hybridized carbons (Fsp3) is 0.409. The molecule has 30 heavy (non-hydrogen) atoms. The summed E-state index contributed by atoms with van der Waals surface area (Å²) in [5, 5.41) is 0.147. The molecule has 4 rings (SSSR count). The maximum absolute atomic E-state index is 13.4. The molecule has 0 radical (unpaired) electrons. The first-order valence-corrected chi connectivity index (χ1v) is 10.7. The zero-order valence-electron chi connectivity index (χ0n) is 16.9. The highest BCUT2D eigenvalue weighted by molar-refractivity contribution is 7.80. The fourth-order valence-electron chi connectivity index (χ4n) is 4.49. The van der Waals surface area contributed by atoms with Gasteiger partial charge in [0.1, 0.15) is 11.6 Å². The number of rotatable bonds is 5. The van der Waals surface area contributed by atoms with Crippen LogP contribution in [0.3, 0.4) is 0 Å². The predicted molar refractivity (Wildman–Crippen MR) is 118 cm³/mol. The molecule has 0 N–H and O–H groups in total. The average molecular weight is 451 g/mol. The van der Waals surface area contributed by atoms with Gasteiger partial charge in [-0.05, 0) is 50.1 Å². The van der Waals surface area contributed by atoms with Crippen molar-refractivity contribution in [3.05, 3.63) is 52.3 Å². The molecular weight excluding hydrogens is 427 g/mol. The lowest BCUT2D eigenvalue weighted by Crippen LogP contribution is -2.55. The maximum Gasteiger partial charge on any atom is 0.255 e. The number of nitrogens with zero attached hydrogens (tertiary/aromatic N) is 2. The van der Waals surface area contributed by atoms with Crippen LogP contribution in [0.25, 0.3) is 0 Å². The Labute approximate surface area is 186 Å². The highest BCUT2D eigenvalue weighted by atomic mass is 35.5. The molecule has 0 aliphatic carbocycles. The van der Waals surface area contributed by atoms with E-state index in [4.69, 9.17) is 21.1 Å². The van der Waals surface area contributed by atoms with Gasteiger partial charge in [0.2, 0.25) is 0 Å². The van der Waals surface area contributed by atoms with Crippen LogP contribution in [0.15, 0.2) is 35.2 Å². The minimum atomic E-state index is -0.449. The summed E-state index contributed by atoms with van der Waals surface area (Å²) in [6, 6.07) is 8.24. The van der Waals surface area contributed by atoms with Gasteiger partial charge >= 0.3 is 0 Å². The molecule has 5 nitrogen and oxygen atoms in total. The monoisotopic (exact) mass is 450 g/mol. The molecule has 2 aromatic rings. The van der Waals surface area contributed by atoms with Crippen LogP contribution in [0.2, 0.25) is 5.02 Å². The molecule has 0 aromatic heterocycles. The van der Waals surface area contributed by atoms with E-state index in [0.717, 1.165) is 34.7 Å². The van der Waals surface area contributed by atoms with Crippen molar-refractivity contribution in [3.8, 4) is 5.75 Å². The lowest BCUT2D eigenvalue weighted by molar-refractivity contribution is 0.0504. The van der Waals surface area contributed by atoms with Crippen LogP contribution in [0, 0.1) is 12.7 Å². The van der Waals surface area contributed by atoms with E-state index in [9.17, 15) is 9.18 Å². The van der Waals surface area contributed by atoms with Gasteiger partial charge in [-0.2, -0.15) is 0 Å². The zero-order chi connectivity index (χ0) is 21.4. The second-order valence-corrected chi connectivity index (χ2v) is 8.69. The van der Waals surface area contributed by atoms with Gasteiger partial charge in [0.25, 0.3) is 5.91 Å². The smallest absolute Gasteiger partial charge is 0.255 e. The van der Waals surface area contributed by atoms with Gasteiger partial charge in [-0.1, -0.05) is 11.6 Å². The quantitative estimate of drug-likeness (QED) is 0.536. The molecule has 2 atom stereocenters. The van der Waals surface area contributed by atoms with Gasteiger partial charge < -0.3 is 19.3 Å². The van der Waals surface area contributed by atoms with Gasteiger partial charge in [-0.3, -0.25) is 4.79 Å². The van der Waals surface area contributed by atoms with E-state index in [-0.39, 0.29) is 29.8 Å². The molecule has 2 fully saturated rings. The van der Waals surface area contributed by atoms with Gasteiger partial charge in [-0.25, -0.2) is 4.39 Å². The molecule has 2 aromatic carbocycles. The Kier molecular flexibility index (Phi) is 6.14. The highest BCUT2D eigenvalue weighted by Crippen LogP contribution is 2.41. The van der Waals surface area contributed by atoms with Gasteiger partial charge in [0.15, 0.2) is 6.79 Å². The number of carbonyl (C=O) groups is 1. The molecule has 160 valence electrons. The van der Waals surface area contributed by atoms with E-state index in [0.29, 0.717) is 18.7 Å².